The third kappa shape index (κ3) is 4.38. The Kier molecular flexibility index (Phi) is 5.23. The summed E-state index contributed by atoms with van der Waals surface area (Å²) >= 11 is 0. The van der Waals surface area contributed by atoms with Crippen LogP contribution in [-0.2, 0) is 9.59 Å². The van der Waals surface area contributed by atoms with E-state index in [4.69, 9.17) is 0 Å². The Hall–Kier alpha value is -2.62. The summed E-state index contributed by atoms with van der Waals surface area (Å²) in [4.78, 5) is 24.4. The summed E-state index contributed by atoms with van der Waals surface area (Å²) in [7, 11) is 0. The number of carbonyl (C=O) groups excluding carboxylic acids is 2. The van der Waals surface area contributed by atoms with Crippen LogP contribution in [-0.4, -0.2) is 24.9 Å². The molecule has 27 heavy (non-hydrogen) atoms. The molecule has 4 heteroatoms. The number of hydrogen-bond donors (Lipinski definition) is 2. The first-order chi connectivity index (χ1) is 13.2. The lowest BCUT2D eigenvalue weighted by Crippen LogP contribution is -2.31. The predicted molar refractivity (Wildman–Crippen MR) is 105 cm³/mol. The second-order valence-electron chi connectivity index (χ2n) is 7.65. The molecule has 2 aliphatic carbocycles. The minimum atomic E-state index is 0.111. The normalized spacial score (nSPS) is 25.5. The van der Waals surface area contributed by atoms with Crippen LogP contribution in [0.1, 0.15) is 42.2 Å². The van der Waals surface area contributed by atoms with Gasteiger partial charge in [0.25, 0.3) is 0 Å². The molecule has 2 N–H and O–H groups in total. The number of benzene rings is 2. The number of carbonyl (C=O) groups is 2. The number of hydrogen-bond acceptors (Lipinski definition) is 2. The van der Waals surface area contributed by atoms with Crippen LogP contribution in [0.15, 0.2) is 60.7 Å². The highest BCUT2D eigenvalue weighted by Gasteiger charge is 2.44. The molecule has 0 heterocycles. The molecule has 2 saturated carbocycles. The molecule has 2 amide bonds. The third-order valence-corrected chi connectivity index (χ3v) is 5.66. The highest BCUT2D eigenvalue weighted by atomic mass is 16.2. The van der Waals surface area contributed by atoms with Gasteiger partial charge in [0.2, 0.25) is 11.8 Å². The number of amides is 2. The molecular weight excluding hydrogens is 336 g/mol. The minimum Gasteiger partial charge on any atom is -0.356 e. The van der Waals surface area contributed by atoms with E-state index in [9.17, 15) is 9.59 Å². The van der Waals surface area contributed by atoms with Crippen molar-refractivity contribution in [3.05, 3.63) is 71.8 Å². The summed E-state index contributed by atoms with van der Waals surface area (Å²) in [5, 5.41) is 6.01. The molecule has 0 bridgehead atoms. The van der Waals surface area contributed by atoms with Crippen LogP contribution in [0.25, 0.3) is 0 Å². The van der Waals surface area contributed by atoms with Crippen molar-refractivity contribution < 1.29 is 9.59 Å². The van der Waals surface area contributed by atoms with Crippen LogP contribution in [0, 0.1) is 11.8 Å². The number of rotatable bonds is 8. The van der Waals surface area contributed by atoms with Gasteiger partial charge in [-0.15, -0.1) is 0 Å². The van der Waals surface area contributed by atoms with Crippen molar-refractivity contribution >= 4 is 11.8 Å². The van der Waals surface area contributed by atoms with Crippen molar-refractivity contribution in [3.8, 4) is 0 Å². The first kappa shape index (κ1) is 17.8. The van der Waals surface area contributed by atoms with Gasteiger partial charge in [0.15, 0.2) is 0 Å². The van der Waals surface area contributed by atoms with Gasteiger partial charge < -0.3 is 10.6 Å². The van der Waals surface area contributed by atoms with Crippen LogP contribution >= 0.6 is 0 Å². The van der Waals surface area contributed by atoms with E-state index in [1.54, 1.807) is 0 Å². The Morgan fingerprint density at radius 1 is 0.704 bits per heavy atom. The Balaban J connectivity index is 1.10. The van der Waals surface area contributed by atoms with E-state index in [1.165, 1.54) is 11.1 Å². The summed E-state index contributed by atoms with van der Waals surface area (Å²) in [5.74, 6) is 1.24. The lowest BCUT2D eigenvalue weighted by molar-refractivity contribution is -0.122. The maximum absolute atomic E-state index is 12.2. The monoisotopic (exact) mass is 362 g/mol. The minimum absolute atomic E-state index is 0.111. The second kappa shape index (κ2) is 7.95. The fourth-order valence-corrected chi connectivity index (χ4v) is 3.88. The molecule has 2 aromatic rings. The fraction of sp³-hybridized carbons (Fsp3) is 0.391. The Morgan fingerprint density at radius 2 is 1.11 bits per heavy atom. The smallest absolute Gasteiger partial charge is 0.223 e. The highest BCUT2D eigenvalue weighted by molar-refractivity contribution is 5.83. The standard InChI is InChI=1S/C23H26N2O2/c26-22(20-14-18(20)16-8-3-1-4-9-16)24-12-7-13-25-23(27)21-15-19(21)17-10-5-2-6-11-17/h1-6,8-11,18-21H,7,12-15H2,(H,24,26)(H,25,27)/t18-,19+,20-,21-/m1/s1. The van der Waals surface area contributed by atoms with Gasteiger partial charge in [0.1, 0.15) is 0 Å². The SMILES string of the molecule is O=C(NCCCNC(=O)[C@@H]1C[C@H]1c1ccccc1)[C@@H]1C[C@@H]1c1ccccc1. The van der Waals surface area contributed by atoms with E-state index >= 15 is 0 Å². The maximum Gasteiger partial charge on any atom is 0.223 e. The first-order valence-electron chi connectivity index (χ1n) is 9.89. The molecule has 0 radical (unpaired) electrons. The van der Waals surface area contributed by atoms with Crippen LogP contribution in [0.2, 0.25) is 0 Å². The van der Waals surface area contributed by atoms with Crippen LogP contribution < -0.4 is 10.6 Å². The van der Waals surface area contributed by atoms with E-state index in [2.05, 4.69) is 34.9 Å². The molecule has 0 unspecified atom stereocenters. The predicted octanol–water partition coefficient (Wildman–Crippen LogP) is 3.22. The van der Waals surface area contributed by atoms with Crippen molar-refractivity contribution in [3.63, 3.8) is 0 Å². The summed E-state index contributed by atoms with van der Waals surface area (Å²) in [6.45, 7) is 1.23. The molecule has 4 nitrogen and oxygen atoms in total. The maximum atomic E-state index is 12.2. The summed E-state index contributed by atoms with van der Waals surface area (Å²) in [6, 6.07) is 20.4. The van der Waals surface area contributed by atoms with Gasteiger partial charge in [-0.2, -0.15) is 0 Å². The van der Waals surface area contributed by atoms with Crippen molar-refractivity contribution in [2.45, 2.75) is 31.1 Å². The van der Waals surface area contributed by atoms with E-state index < -0.39 is 0 Å². The van der Waals surface area contributed by atoms with Crippen LogP contribution in [0.3, 0.4) is 0 Å². The zero-order valence-corrected chi connectivity index (χ0v) is 15.4. The van der Waals surface area contributed by atoms with E-state index in [-0.39, 0.29) is 23.7 Å². The van der Waals surface area contributed by atoms with Crippen molar-refractivity contribution in [1.82, 2.24) is 10.6 Å². The molecule has 4 atom stereocenters. The molecule has 2 aromatic carbocycles. The largest absolute Gasteiger partial charge is 0.356 e. The highest BCUT2D eigenvalue weighted by Crippen LogP contribution is 2.48. The Morgan fingerprint density at radius 3 is 1.52 bits per heavy atom. The van der Waals surface area contributed by atoms with Gasteiger partial charge in [0.05, 0.1) is 0 Å². The van der Waals surface area contributed by atoms with E-state index in [1.807, 2.05) is 36.4 Å². The van der Waals surface area contributed by atoms with Crippen molar-refractivity contribution in [2.75, 3.05) is 13.1 Å². The van der Waals surface area contributed by atoms with Gasteiger partial charge in [-0.05, 0) is 42.2 Å². The average molecular weight is 362 g/mol. The van der Waals surface area contributed by atoms with Crippen molar-refractivity contribution in [1.29, 1.82) is 0 Å². The quantitative estimate of drug-likeness (QED) is 0.709. The molecule has 0 aromatic heterocycles. The van der Waals surface area contributed by atoms with Gasteiger partial charge in [-0.25, -0.2) is 0 Å². The third-order valence-electron chi connectivity index (χ3n) is 5.66. The van der Waals surface area contributed by atoms with Crippen LogP contribution in [0.4, 0.5) is 0 Å². The van der Waals surface area contributed by atoms with Gasteiger partial charge in [-0.3, -0.25) is 9.59 Å². The molecule has 0 saturated heterocycles. The summed E-state index contributed by atoms with van der Waals surface area (Å²) in [6.07, 6.45) is 2.65. The van der Waals surface area contributed by atoms with Crippen molar-refractivity contribution in [2.24, 2.45) is 11.8 Å². The zero-order chi connectivity index (χ0) is 18.6. The average Bonchev–Trinajstić information content (AvgIpc) is 3.62. The Labute approximate surface area is 160 Å². The summed E-state index contributed by atoms with van der Waals surface area (Å²) in [5.41, 5.74) is 2.50. The first-order valence-corrected chi connectivity index (χ1v) is 9.89. The van der Waals surface area contributed by atoms with Crippen LogP contribution in [0.5, 0.6) is 0 Å². The van der Waals surface area contributed by atoms with E-state index in [0.29, 0.717) is 24.9 Å². The molecule has 2 aliphatic rings. The topological polar surface area (TPSA) is 58.2 Å². The molecule has 2 fully saturated rings. The Bertz CT molecular complexity index is 723. The van der Waals surface area contributed by atoms with Gasteiger partial charge in [-0.1, -0.05) is 60.7 Å². The van der Waals surface area contributed by atoms with Gasteiger partial charge >= 0.3 is 0 Å². The zero-order valence-electron chi connectivity index (χ0n) is 15.4. The fourth-order valence-electron chi connectivity index (χ4n) is 3.88. The lowest BCUT2D eigenvalue weighted by atomic mass is 10.1. The molecule has 0 spiro atoms. The lowest BCUT2D eigenvalue weighted by Gasteiger charge is -2.07. The van der Waals surface area contributed by atoms with Gasteiger partial charge in [0, 0.05) is 24.9 Å². The summed E-state index contributed by atoms with van der Waals surface area (Å²) < 4.78 is 0. The molecule has 0 aliphatic heterocycles. The second-order valence-corrected chi connectivity index (χ2v) is 7.65. The number of nitrogens with one attached hydrogen (secondary N) is 2. The van der Waals surface area contributed by atoms with E-state index in [0.717, 1.165) is 19.3 Å². The molecular formula is C23H26N2O2. The molecule has 140 valence electrons. The molecule has 4 rings (SSSR count).